The molecule has 1 aliphatic rings. The van der Waals surface area contributed by atoms with E-state index in [1.807, 2.05) is 0 Å². The van der Waals surface area contributed by atoms with Crippen molar-refractivity contribution in [3.05, 3.63) is 29.8 Å². The van der Waals surface area contributed by atoms with Gasteiger partial charge in [-0.25, -0.2) is 22.0 Å². The summed E-state index contributed by atoms with van der Waals surface area (Å²) in [6.45, 7) is 3.15. The third-order valence-electron chi connectivity index (χ3n) is 4.09. The molecule has 1 fully saturated rings. The molecule has 1 aliphatic heterocycles. The van der Waals surface area contributed by atoms with Gasteiger partial charge in [-0.05, 0) is 24.6 Å². The number of benzene rings is 1. The van der Waals surface area contributed by atoms with Gasteiger partial charge in [-0.3, -0.25) is 0 Å². The first-order valence-electron chi connectivity index (χ1n) is 8.34. The molecule has 1 saturated heterocycles. The fourth-order valence-corrected chi connectivity index (χ4v) is 4.13. The number of urea groups is 1. The van der Waals surface area contributed by atoms with E-state index in [2.05, 4.69) is 12.2 Å². The number of hydrogen-bond acceptors (Lipinski definition) is 3. The summed E-state index contributed by atoms with van der Waals surface area (Å²) >= 11 is 0. The van der Waals surface area contributed by atoms with E-state index < -0.39 is 26.6 Å². The third-order valence-corrected chi connectivity index (χ3v) is 6.01. The van der Waals surface area contributed by atoms with Crippen LogP contribution in [0.1, 0.15) is 26.2 Å². The fraction of sp³-hybridized carbons (Fsp3) is 0.562. The van der Waals surface area contributed by atoms with Crippen LogP contribution >= 0.6 is 0 Å². The summed E-state index contributed by atoms with van der Waals surface area (Å²) in [5, 5.41) is 2.80. The van der Waals surface area contributed by atoms with Crippen LogP contribution in [-0.4, -0.2) is 56.4 Å². The average molecular weight is 375 g/mol. The van der Waals surface area contributed by atoms with Crippen LogP contribution in [0.5, 0.6) is 0 Å². The van der Waals surface area contributed by atoms with Crippen molar-refractivity contribution < 1.29 is 22.0 Å². The molecule has 0 atom stereocenters. The Morgan fingerprint density at radius 1 is 1.16 bits per heavy atom. The Kier molecular flexibility index (Phi) is 6.71. The van der Waals surface area contributed by atoms with Crippen molar-refractivity contribution >= 4 is 16.1 Å². The van der Waals surface area contributed by atoms with Gasteiger partial charge in [0.05, 0.1) is 0 Å². The standard InChI is InChI=1S/C16H23F2N3O3S/c1-2-3-4-7-19-16(22)20-8-10-21(11-9-20)25(23,24)15-12-13(17)5-6-14(15)18/h5-6,12H,2-4,7-11H2,1H3,(H,19,22). The van der Waals surface area contributed by atoms with Crippen LogP contribution in [0.2, 0.25) is 0 Å². The van der Waals surface area contributed by atoms with Crippen LogP contribution in [0.25, 0.3) is 0 Å². The minimum Gasteiger partial charge on any atom is -0.338 e. The summed E-state index contributed by atoms with van der Waals surface area (Å²) in [6.07, 6.45) is 2.99. The molecule has 2 rings (SSSR count). The number of nitrogens with zero attached hydrogens (tertiary/aromatic N) is 2. The largest absolute Gasteiger partial charge is 0.338 e. The van der Waals surface area contributed by atoms with Gasteiger partial charge in [0.25, 0.3) is 0 Å². The Hall–Kier alpha value is -1.74. The van der Waals surface area contributed by atoms with E-state index in [-0.39, 0.29) is 32.2 Å². The molecule has 0 bridgehead atoms. The van der Waals surface area contributed by atoms with E-state index in [0.29, 0.717) is 12.6 Å². The van der Waals surface area contributed by atoms with Gasteiger partial charge >= 0.3 is 6.03 Å². The maximum absolute atomic E-state index is 13.8. The number of sulfonamides is 1. The van der Waals surface area contributed by atoms with Crippen LogP contribution in [0.3, 0.4) is 0 Å². The molecule has 2 amide bonds. The highest BCUT2D eigenvalue weighted by atomic mass is 32.2. The number of piperazine rings is 1. The zero-order valence-corrected chi connectivity index (χ0v) is 15.0. The van der Waals surface area contributed by atoms with Crippen molar-refractivity contribution in [2.75, 3.05) is 32.7 Å². The molecule has 1 N–H and O–H groups in total. The van der Waals surface area contributed by atoms with Gasteiger partial charge in [-0.2, -0.15) is 4.31 Å². The Bertz CT molecular complexity index is 705. The summed E-state index contributed by atoms with van der Waals surface area (Å²) in [7, 11) is -4.13. The van der Waals surface area contributed by atoms with Gasteiger partial charge in [-0.1, -0.05) is 19.8 Å². The smallest absolute Gasteiger partial charge is 0.317 e. The van der Waals surface area contributed by atoms with Gasteiger partial charge in [0, 0.05) is 32.7 Å². The van der Waals surface area contributed by atoms with Gasteiger partial charge in [0.1, 0.15) is 16.5 Å². The number of rotatable bonds is 6. The molecule has 1 aromatic rings. The zero-order chi connectivity index (χ0) is 18.4. The highest BCUT2D eigenvalue weighted by Gasteiger charge is 2.32. The molecule has 0 spiro atoms. The van der Waals surface area contributed by atoms with E-state index in [4.69, 9.17) is 0 Å². The molecule has 0 radical (unpaired) electrons. The summed E-state index contributed by atoms with van der Waals surface area (Å²) in [4.78, 5) is 12.9. The number of carbonyl (C=O) groups is 1. The lowest BCUT2D eigenvalue weighted by Gasteiger charge is -2.34. The predicted octanol–water partition coefficient (Wildman–Crippen LogP) is 2.17. The molecule has 9 heteroatoms. The molecule has 0 saturated carbocycles. The van der Waals surface area contributed by atoms with Crippen molar-refractivity contribution in [2.24, 2.45) is 0 Å². The van der Waals surface area contributed by atoms with Crippen molar-refractivity contribution in [3.63, 3.8) is 0 Å². The first kappa shape index (κ1) is 19.6. The predicted molar refractivity (Wildman–Crippen MR) is 89.6 cm³/mol. The lowest BCUT2D eigenvalue weighted by atomic mass is 10.2. The minimum absolute atomic E-state index is 0.0423. The van der Waals surface area contributed by atoms with Crippen molar-refractivity contribution in [1.29, 1.82) is 0 Å². The van der Waals surface area contributed by atoms with E-state index in [9.17, 15) is 22.0 Å². The summed E-state index contributed by atoms with van der Waals surface area (Å²) in [6, 6.07) is 2.11. The molecular formula is C16H23F2N3O3S. The number of carbonyl (C=O) groups excluding carboxylic acids is 1. The lowest BCUT2D eigenvalue weighted by molar-refractivity contribution is 0.172. The van der Waals surface area contributed by atoms with Crippen LogP contribution in [0.4, 0.5) is 13.6 Å². The van der Waals surface area contributed by atoms with Crippen molar-refractivity contribution in [2.45, 2.75) is 31.1 Å². The topological polar surface area (TPSA) is 69.7 Å². The highest BCUT2D eigenvalue weighted by Crippen LogP contribution is 2.21. The Morgan fingerprint density at radius 2 is 1.84 bits per heavy atom. The number of unbranched alkanes of at least 4 members (excludes halogenated alkanes) is 2. The van der Waals surface area contributed by atoms with Crippen molar-refractivity contribution in [3.8, 4) is 0 Å². The maximum Gasteiger partial charge on any atom is 0.317 e. The van der Waals surface area contributed by atoms with E-state index in [0.717, 1.165) is 35.7 Å². The van der Waals surface area contributed by atoms with Crippen LogP contribution in [0.15, 0.2) is 23.1 Å². The summed E-state index contributed by atoms with van der Waals surface area (Å²) in [5.41, 5.74) is 0. The second kappa shape index (κ2) is 8.57. The highest BCUT2D eigenvalue weighted by molar-refractivity contribution is 7.89. The second-order valence-corrected chi connectivity index (χ2v) is 7.81. The Balaban J connectivity index is 1.95. The molecule has 0 aromatic heterocycles. The van der Waals surface area contributed by atoms with Crippen molar-refractivity contribution in [1.82, 2.24) is 14.5 Å². The molecule has 1 aromatic carbocycles. The zero-order valence-electron chi connectivity index (χ0n) is 14.2. The Morgan fingerprint density at radius 3 is 2.48 bits per heavy atom. The van der Waals surface area contributed by atoms with Gasteiger partial charge in [0.15, 0.2) is 0 Å². The molecule has 6 nitrogen and oxygen atoms in total. The van der Waals surface area contributed by atoms with E-state index in [1.165, 1.54) is 4.90 Å². The summed E-state index contributed by atoms with van der Waals surface area (Å²) in [5.74, 6) is -1.80. The van der Waals surface area contributed by atoms with E-state index >= 15 is 0 Å². The Labute approximate surface area is 146 Å². The van der Waals surface area contributed by atoms with Crippen LogP contribution < -0.4 is 5.32 Å². The minimum atomic E-state index is -4.13. The average Bonchev–Trinajstić information content (AvgIpc) is 2.60. The molecule has 1 heterocycles. The van der Waals surface area contributed by atoms with E-state index in [1.54, 1.807) is 0 Å². The number of amides is 2. The molecule has 140 valence electrons. The number of hydrogen-bond donors (Lipinski definition) is 1. The van der Waals surface area contributed by atoms with Gasteiger partial charge in [-0.15, -0.1) is 0 Å². The normalized spacial score (nSPS) is 16.0. The monoisotopic (exact) mass is 375 g/mol. The first-order valence-corrected chi connectivity index (χ1v) is 9.78. The maximum atomic E-state index is 13.8. The molecular weight excluding hydrogens is 352 g/mol. The van der Waals surface area contributed by atoms with Crippen LogP contribution in [0, 0.1) is 11.6 Å². The van der Waals surface area contributed by atoms with Gasteiger partial charge < -0.3 is 10.2 Å². The number of nitrogens with one attached hydrogen (secondary N) is 1. The van der Waals surface area contributed by atoms with Crippen LogP contribution in [-0.2, 0) is 10.0 Å². The first-order chi connectivity index (χ1) is 11.9. The molecule has 25 heavy (non-hydrogen) atoms. The fourth-order valence-electron chi connectivity index (χ4n) is 2.63. The second-order valence-electron chi connectivity index (χ2n) is 5.90. The molecule has 0 aliphatic carbocycles. The lowest BCUT2D eigenvalue weighted by Crippen LogP contribution is -2.53. The summed E-state index contributed by atoms with van der Waals surface area (Å²) < 4.78 is 53.1. The SMILES string of the molecule is CCCCCNC(=O)N1CCN(S(=O)(=O)c2cc(F)ccc2F)CC1. The van der Waals surface area contributed by atoms with Gasteiger partial charge in [0.2, 0.25) is 10.0 Å². The number of halogens is 2. The third kappa shape index (κ3) is 4.88. The quantitative estimate of drug-likeness (QED) is 0.775. The molecule has 0 unspecified atom stereocenters.